The highest BCUT2D eigenvalue weighted by atomic mass is 16.2. The summed E-state index contributed by atoms with van der Waals surface area (Å²) in [7, 11) is 0. The Balaban J connectivity index is 1.78. The van der Waals surface area contributed by atoms with E-state index in [0.29, 0.717) is 13.1 Å². The van der Waals surface area contributed by atoms with Crippen molar-refractivity contribution < 1.29 is 4.79 Å². The van der Waals surface area contributed by atoms with Gasteiger partial charge < -0.3 is 10.2 Å². The second-order valence-electron chi connectivity index (χ2n) is 4.77. The minimum atomic E-state index is -0.168. The Morgan fingerprint density at radius 3 is 2.78 bits per heavy atom. The van der Waals surface area contributed by atoms with Crippen molar-refractivity contribution in [3.63, 3.8) is 0 Å². The molecule has 18 heavy (non-hydrogen) atoms. The van der Waals surface area contributed by atoms with Gasteiger partial charge in [0.25, 0.3) is 0 Å². The van der Waals surface area contributed by atoms with E-state index in [2.05, 4.69) is 10.4 Å². The van der Waals surface area contributed by atoms with Crippen molar-refractivity contribution >= 4 is 5.91 Å². The van der Waals surface area contributed by atoms with Crippen LogP contribution in [0.25, 0.3) is 0 Å². The highest BCUT2D eigenvalue weighted by molar-refractivity contribution is 5.76. The molecule has 0 radical (unpaired) electrons. The summed E-state index contributed by atoms with van der Waals surface area (Å²) in [5.41, 5.74) is -0.168. The lowest BCUT2D eigenvalue weighted by molar-refractivity contribution is -0.131. The topological polar surface area (TPSA) is 72.2 Å². The fourth-order valence-corrected chi connectivity index (χ4v) is 2.53. The van der Waals surface area contributed by atoms with Crippen molar-refractivity contribution in [3.05, 3.63) is 16.3 Å². The molecule has 1 fully saturated rings. The first kappa shape index (κ1) is 11.5. The third kappa shape index (κ3) is 1.94. The van der Waals surface area contributed by atoms with Crippen LogP contribution in [0.1, 0.15) is 18.7 Å². The van der Waals surface area contributed by atoms with Crippen LogP contribution in [0.4, 0.5) is 0 Å². The van der Waals surface area contributed by atoms with Crippen LogP contribution in [0.15, 0.2) is 4.79 Å². The van der Waals surface area contributed by atoms with Crippen molar-refractivity contribution in [3.8, 4) is 0 Å². The molecule has 0 saturated carbocycles. The van der Waals surface area contributed by atoms with Gasteiger partial charge in [0.2, 0.25) is 5.91 Å². The SMILES string of the molecule is O=C(Cn1nc2n(c1=O)CCNC2)N1CCCC1. The summed E-state index contributed by atoms with van der Waals surface area (Å²) >= 11 is 0. The van der Waals surface area contributed by atoms with E-state index in [0.717, 1.165) is 38.3 Å². The molecule has 0 aromatic carbocycles. The maximum atomic E-state index is 12.0. The third-order valence-corrected chi connectivity index (χ3v) is 3.54. The zero-order chi connectivity index (χ0) is 12.5. The molecule has 1 amide bonds. The predicted molar refractivity (Wildman–Crippen MR) is 64.0 cm³/mol. The zero-order valence-corrected chi connectivity index (χ0v) is 10.3. The van der Waals surface area contributed by atoms with Crippen molar-refractivity contribution in [2.75, 3.05) is 19.6 Å². The number of fused-ring (bicyclic) bond motifs is 1. The van der Waals surface area contributed by atoms with Gasteiger partial charge in [-0.2, -0.15) is 5.10 Å². The summed E-state index contributed by atoms with van der Waals surface area (Å²) in [4.78, 5) is 25.8. The molecule has 1 N–H and O–H groups in total. The van der Waals surface area contributed by atoms with Crippen molar-refractivity contribution in [1.29, 1.82) is 0 Å². The van der Waals surface area contributed by atoms with E-state index in [1.807, 2.05) is 4.90 Å². The minimum absolute atomic E-state index is 0.00185. The lowest BCUT2D eigenvalue weighted by Gasteiger charge is -2.14. The Hall–Kier alpha value is -1.63. The average molecular weight is 251 g/mol. The van der Waals surface area contributed by atoms with E-state index in [9.17, 15) is 9.59 Å². The molecule has 2 aliphatic rings. The third-order valence-electron chi connectivity index (χ3n) is 3.54. The highest BCUT2D eigenvalue weighted by Gasteiger charge is 2.22. The van der Waals surface area contributed by atoms with E-state index in [4.69, 9.17) is 0 Å². The van der Waals surface area contributed by atoms with Gasteiger partial charge in [-0.1, -0.05) is 0 Å². The van der Waals surface area contributed by atoms with Crippen LogP contribution in [-0.4, -0.2) is 44.8 Å². The molecule has 1 aromatic rings. The van der Waals surface area contributed by atoms with Gasteiger partial charge in [0, 0.05) is 26.2 Å². The molecule has 3 heterocycles. The number of likely N-dealkylation sites (tertiary alicyclic amines) is 1. The van der Waals surface area contributed by atoms with Crippen molar-refractivity contribution in [1.82, 2.24) is 24.6 Å². The summed E-state index contributed by atoms with van der Waals surface area (Å²) in [5.74, 6) is 0.721. The summed E-state index contributed by atoms with van der Waals surface area (Å²) < 4.78 is 2.94. The minimum Gasteiger partial charge on any atom is -0.341 e. The van der Waals surface area contributed by atoms with E-state index < -0.39 is 0 Å². The average Bonchev–Trinajstić information content (AvgIpc) is 3.00. The number of hydrogen-bond donors (Lipinski definition) is 1. The summed E-state index contributed by atoms with van der Waals surface area (Å²) in [6.45, 7) is 3.69. The summed E-state index contributed by atoms with van der Waals surface area (Å²) in [5, 5.41) is 7.38. The highest BCUT2D eigenvalue weighted by Crippen LogP contribution is 2.08. The Bertz CT molecular complexity index is 512. The first-order valence-electron chi connectivity index (χ1n) is 6.41. The van der Waals surface area contributed by atoms with Gasteiger partial charge in [0.15, 0.2) is 0 Å². The summed E-state index contributed by atoms with van der Waals surface area (Å²) in [6.07, 6.45) is 2.12. The Morgan fingerprint density at radius 1 is 1.28 bits per heavy atom. The molecule has 1 saturated heterocycles. The van der Waals surface area contributed by atoms with Crippen molar-refractivity contribution in [2.24, 2.45) is 0 Å². The van der Waals surface area contributed by atoms with Crippen LogP contribution in [0.2, 0.25) is 0 Å². The number of hydrogen-bond acceptors (Lipinski definition) is 4. The number of rotatable bonds is 2. The number of aromatic nitrogens is 3. The molecule has 1 aromatic heterocycles. The number of amides is 1. The number of carbonyl (C=O) groups excluding carboxylic acids is 1. The first-order chi connectivity index (χ1) is 8.75. The predicted octanol–water partition coefficient (Wildman–Crippen LogP) is -1.23. The van der Waals surface area contributed by atoms with Gasteiger partial charge in [0.05, 0.1) is 6.54 Å². The molecular weight excluding hydrogens is 234 g/mol. The molecule has 0 atom stereocenters. The molecule has 2 aliphatic heterocycles. The zero-order valence-electron chi connectivity index (χ0n) is 10.3. The first-order valence-corrected chi connectivity index (χ1v) is 6.41. The molecular formula is C11H17N5O2. The fraction of sp³-hybridized carbons (Fsp3) is 0.727. The molecule has 7 nitrogen and oxygen atoms in total. The van der Waals surface area contributed by atoms with Gasteiger partial charge >= 0.3 is 5.69 Å². The second kappa shape index (κ2) is 4.56. The molecule has 0 aliphatic carbocycles. The molecule has 0 spiro atoms. The summed E-state index contributed by atoms with van der Waals surface area (Å²) in [6, 6.07) is 0. The quantitative estimate of drug-likeness (QED) is 0.714. The van der Waals surface area contributed by atoms with E-state index in [-0.39, 0.29) is 18.1 Å². The van der Waals surface area contributed by atoms with Gasteiger partial charge in [-0.15, -0.1) is 0 Å². The van der Waals surface area contributed by atoms with Gasteiger partial charge in [-0.3, -0.25) is 9.36 Å². The fourth-order valence-electron chi connectivity index (χ4n) is 2.53. The Morgan fingerprint density at radius 2 is 2.06 bits per heavy atom. The van der Waals surface area contributed by atoms with Gasteiger partial charge in [-0.25, -0.2) is 9.48 Å². The van der Waals surface area contributed by atoms with Crippen LogP contribution in [0.3, 0.4) is 0 Å². The van der Waals surface area contributed by atoms with Gasteiger partial charge in [0.1, 0.15) is 12.4 Å². The van der Waals surface area contributed by atoms with E-state index in [1.54, 1.807) is 4.57 Å². The van der Waals surface area contributed by atoms with Crippen LogP contribution in [0.5, 0.6) is 0 Å². The van der Waals surface area contributed by atoms with Gasteiger partial charge in [-0.05, 0) is 12.8 Å². The van der Waals surface area contributed by atoms with E-state index >= 15 is 0 Å². The normalized spacial score (nSPS) is 19.0. The Kier molecular flexibility index (Phi) is 2.91. The lowest BCUT2D eigenvalue weighted by Crippen LogP contribution is -2.37. The number of nitrogens with one attached hydrogen (secondary N) is 1. The molecule has 0 bridgehead atoms. The van der Waals surface area contributed by atoms with Crippen molar-refractivity contribution in [2.45, 2.75) is 32.5 Å². The monoisotopic (exact) mass is 251 g/mol. The molecule has 98 valence electrons. The smallest absolute Gasteiger partial charge is 0.341 e. The molecule has 3 rings (SSSR count). The number of nitrogens with zero attached hydrogens (tertiary/aromatic N) is 4. The molecule has 0 unspecified atom stereocenters. The van der Waals surface area contributed by atoms with Crippen LogP contribution in [-0.2, 0) is 24.4 Å². The Labute approximate surface area is 104 Å². The largest absolute Gasteiger partial charge is 0.346 e. The maximum Gasteiger partial charge on any atom is 0.346 e. The maximum absolute atomic E-state index is 12.0. The standard InChI is InChI=1S/C11H17N5O2/c17-10(14-4-1-2-5-14)8-16-11(18)15-6-3-12-7-9(15)13-16/h12H,1-8H2. The van der Waals surface area contributed by atoms with Crippen LogP contribution < -0.4 is 11.0 Å². The second-order valence-corrected chi connectivity index (χ2v) is 4.77. The molecule has 7 heteroatoms. The van der Waals surface area contributed by atoms with Crippen LogP contribution >= 0.6 is 0 Å². The lowest BCUT2D eigenvalue weighted by atomic mass is 10.4. The van der Waals surface area contributed by atoms with Crippen LogP contribution in [0, 0.1) is 0 Å². The van der Waals surface area contributed by atoms with E-state index in [1.165, 1.54) is 4.68 Å². The number of carbonyl (C=O) groups is 1.